The Morgan fingerprint density at radius 2 is 1.22 bits per heavy atom. The van der Waals surface area contributed by atoms with Gasteiger partial charge in [-0.1, -0.05) is 170 Å². The van der Waals surface area contributed by atoms with Gasteiger partial charge in [-0.2, -0.15) is 0 Å². The van der Waals surface area contributed by atoms with E-state index in [0.29, 0.717) is 4.83 Å². The lowest BCUT2D eigenvalue weighted by molar-refractivity contribution is 0.669. The largest absolute Gasteiger partial charge is 0.456 e. The molecule has 0 N–H and O–H groups in total. The van der Waals surface area contributed by atoms with Crippen LogP contribution in [0.2, 0.25) is 0 Å². The zero-order chi connectivity index (χ0) is 44.3. The Bertz CT molecular complexity index is 2980. The maximum absolute atomic E-state index is 6.35. The molecule has 0 fully saturated rings. The summed E-state index contributed by atoms with van der Waals surface area (Å²) in [5.41, 5.74) is 15.2. The molecule has 4 heteroatoms. The van der Waals surface area contributed by atoms with Crippen molar-refractivity contribution in [2.75, 3.05) is 9.80 Å². The highest BCUT2D eigenvalue weighted by Gasteiger charge is 2.17. The number of furan rings is 1. The highest BCUT2D eigenvalue weighted by molar-refractivity contribution is 9.09. The van der Waals surface area contributed by atoms with Crippen LogP contribution in [-0.2, 0) is 0 Å². The number of hydrogen-bond donors (Lipinski definition) is 0. The number of halogens is 1. The second-order valence-corrected chi connectivity index (χ2v) is 16.7. The summed E-state index contributed by atoms with van der Waals surface area (Å²) >= 11 is 3.67. The maximum atomic E-state index is 6.35. The van der Waals surface area contributed by atoms with Crippen LogP contribution in [0.5, 0.6) is 0 Å². The summed E-state index contributed by atoms with van der Waals surface area (Å²) in [6, 6.07) is 39.2. The van der Waals surface area contributed by atoms with Crippen LogP contribution in [0.1, 0.15) is 19.3 Å². The third kappa shape index (κ3) is 9.94. The fraction of sp³-hybridized carbons (Fsp3) is 0.0667. The van der Waals surface area contributed by atoms with Gasteiger partial charge in [0.2, 0.25) is 0 Å². The Morgan fingerprint density at radius 1 is 0.625 bits per heavy atom. The average Bonchev–Trinajstić information content (AvgIpc) is 3.72. The summed E-state index contributed by atoms with van der Waals surface area (Å²) in [5, 5.41) is 2.18. The van der Waals surface area contributed by atoms with Crippen molar-refractivity contribution in [2.45, 2.75) is 24.1 Å². The number of anilines is 2. The standard InChI is InChI=1S/C60H51BrN2O/c1-5-9-10-14-40-62(41-15-17-44(7-3)45-24-32-52(61)33-25-45)54-34-26-49(27-35-54)51-31-39-60-58(43-51)57-42-50(30-38-59(57)64-60)48-22-20-46(21-23-48)47-28-36-56(37-29-47)63(53(8-4)16-6-2)55-18-12-11-13-19-55/h5-12,14-18,20-32,34-43,52H,1-4,13,19,33H2/b10-9-,40-14+,41-15+,44-17+,53-16+. The monoisotopic (exact) mass is 894 g/mol. The van der Waals surface area contributed by atoms with Crippen LogP contribution in [0, 0.1) is 0 Å². The van der Waals surface area contributed by atoms with Gasteiger partial charge in [0.1, 0.15) is 11.2 Å². The van der Waals surface area contributed by atoms with Gasteiger partial charge in [-0.15, -0.1) is 0 Å². The molecule has 0 spiro atoms. The van der Waals surface area contributed by atoms with E-state index >= 15 is 0 Å². The van der Waals surface area contributed by atoms with E-state index in [1.807, 2.05) is 48.7 Å². The van der Waals surface area contributed by atoms with Gasteiger partial charge in [-0.25, -0.2) is 0 Å². The first kappa shape index (κ1) is 43.3. The Morgan fingerprint density at radius 3 is 1.77 bits per heavy atom. The summed E-state index contributed by atoms with van der Waals surface area (Å²) in [6.45, 7) is 15.9. The third-order valence-corrected chi connectivity index (χ3v) is 12.1. The van der Waals surface area contributed by atoms with Gasteiger partial charge in [0.05, 0.1) is 0 Å². The molecule has 1 atom stereocenters. The van der Waals surface area contributed by atoms with Crippen molar-refractivity contribution in [3.63, 3.8) is 0 Å². The Hall–Kier alpha value is -7.40. The molecule has 2 aliphatic rings. The predicted molar refractivity (Wildman–Crippen MR) is 280 cm³/mol. The van der Waals surface area contributed by atoms with E-state index in [4.69, 9.17) is 4.42 Å². The summed E-state index contributed by atoms with van der Waals surface area (Å²) in [7, 11) is 0. The van der Waals surface area contributed by atoms with Crippen molar-refractivity contribution in [3.8, 4) is 33.4 Å². The normalized spacial score (nSPS) is 15.5. The molecule has 1 aromatic heterocycles. The molecule has 0 saturated carbocycles. The molecular weight excluding hydrogens is 845 g/mol. The molecule has 3 nitrogen and oxygen atoms in total. The molecule has 5 aromatic carbocycles. The van der Waals surface area contributed by atoms with E-state index in [2.05, 4.69) is 216 Å². The van der Waals surface area contributed by atoms with Gasteiger partial charge in [-0.3, -0.25) is 0 Å². The van der Waals surface area contributed by atoms with Crippen molar-refractivity contribution in [2.24, 2.45) is 0 Å². The average molecular weight is 896 g/mol. The van der Waals surface area contributed by atoms with Crippen molar-refractivity contribution in [1.82, 2.24) is 0 Å². The van der Waals surface area contributed by atoms with Crippen molar-refractivity contribution >= 4 is 49.2 Å². The van der Waals surface area contributed by atoms with Crippen LogP contribution < -0.4 is 9.80 Å². The lowest BCUT2D eigenvalue weighted by Gasteiger charge is -2.29. The van der Waals surface area contributed by atoms with Crippen LogP contribution in [0.4, 0.5) is 11.4 Å². The molecular formula is C60H51BrN2O. The topological polar surface area (TPSA) is 19.6 Å². The molecule has 2 aliphatic carbocycles. The molecule has 64 heavy (non-hydrogen) atoms. The van der Waals surface area contributed by atoms with Crippen LogP contribution >= 0.6 is 15.9 Å². The van der Waals surface area contributed by atoms with E-state index in [9.17, 15) is 0 Å². The molecule has 0 aliphatic heterocycles. The van der Waals surface area contributed by atoms with E-state index < -0.39 is 0 Å². The third-order valence-electron chi connectivity index (χ3n) is 11.4. The molecule has 0 bridgehead atoms. The SMILES string of the molecule is C=C/C=C\C=C\N(/C=C/C=C(\C=C)C1=CCC(Br)C=C1)c1ccc(-c2ccc3oc4ccc(-c5ccc(-c6ccc(N(C7=CC=CCC7)/C(C=C)=C/C=C)cc6)cc5)cc4c3c2)cc1. The van der Waals surface area contributed by atoms with Crippen LogP contribution in [0.15, 0.2) is 272 Å². The number of benzene rings is 5. The van der Waals surface area contributed by atoms with Gasteiger partial charge in [-0.05, 0) is 143 Å². The summed E-state index contributed by atoms with van der Waals surface area (Å²) in [4.78, 5) is 4.75. The lowest BCUT2D eigenvalue weighted by Crippen LogP contribution is -2.21. The Balaban J connectivity index is 1.02. The second-order valence-electron chi connectivity index (χ2n) is 15.5. The van der Waals surface area contributed by atoms with Gasteiger partial charge >= 0.3 is 0 Å². The summed E-state index contributed by atoms with van der Waals surface area (Å²) in [5.74, 6) is 0. The quantitative estimate of drug-likeness (QED) is 0.0713. The van der Waals surface area contributed by atoms with E-state index in [-0.39, 0.29) is 0 Å². The van der Waals surface area contributed by atoms with E-state index in [1.54, 1.807) is 6.08 Å². The minimum absolute atomic E-state index is 0.378. The minimum Gasteiger partial charge on any atom is -0.456 e. The summed E-state index contributed by atoms with van der Waals surface area (Å²) in [6.07, 6.45) is 39.6. The molecule has 0 amide bonds. The minimum atomic E-state index is 0.378. The van der Waals surface area contributed by atoms with Crippen molar-refractivity contribution < 1.29 is 4.42 Å². The van der Waals surface area contributed by atoms with Gasteiger partial charge < -0.3 is 14.2 Å². The fourth-order valence-electron chi connectivity index (χ4n) is 8.07. The number of fused-ring (bicyclic) bond motifs is 3. The Kier molecular flexibility index (Phi) is 14.0. The van der Waals surface area contributed by atoms with Crippen LogP contribution in [-0.4, -0.2) is 4.83 Å². The number of rotatable bonds is 16. The lowest BCUT2D eigenvalue weighted by atomic mass is 9.98. The number of hydrogen-bond acceptors (Lipinski definition) is 3. The van der Waals surface area contributed by atoms with Gasteiger partial charge in [0, 0.05) is 50.8 Å². The zero-order valence-corrected chi connectivity index (χ0v) is 37.6. The predicted octanol–water partition coefficient (Wildman–Crippen LogP) is 17.2. The fourth-order valence-corrected chi connectivity index (χ4v) is 8.41. The molecule has 1 unspecified atom stereocenters. The smallest absolute Gasteiger partial charge is 0.135 e. The maximum Gasteiger partial charge on any atom is 0.135 e. The second kappa shape index (κ2) is 20.6. The van der Waals surface area contributed by atoms with Crippen LogP contribution in [0.3, 0.4) is 0 Å². The molecule has 8 rings (SSSR count). The molecule has 314 valence electrons. The summed E-state index contributed by atoms with van der Waals surface area (Å²) < 4.78 is 6.35. The molecule has 0 saturated heterocycles. The number of allylic oxidation sites excluding steroid dienone is 19. The Labute approximate surface area is 386 Å². The van der Waals surface area contributed by atoms with Gasteiger partial charge in [0.15, 0.2) is 0 Å². The molecule has 0 radical (unpaired) electrons. The molecule has 1 heterocycles. The van der Waals surface area contributed by atoms with Crippen LogP contribution in [0.25, 0.3) is 55.3 Å². The first-order chi connectivity index (χ1) is 31.5. The van der Waals surface area contributed by atoms with E-state index in [0.717, 1.165) is 97.2 Å². The highest BCUT2D eigenvalue weighted by Crippen LogP contribution is 2.37. The van der Waals surface area contributed by atoms with E-state index in [1.165, 1.54) is 11.3 Å². The first-order valence-corrected chi connectivity index (χ1v) is 22.5. The van der Waals surface area contributed by atoms with Gasteiger partial charge in [0.25, 0.3) is 0 Å². The first-order valence-electron chi connectivity index (χ1n) is 21.6. The number of nitrogens with zero attached hydrogens (tertiary/aromatic N) is 2. The highest BCUT2D eigenvalue weighted by atomic mass is 79.9. The zero-order valence-electron chi connectivity index (χ0n) is 36.0. The van der Waals surface area contributed by atoms with Crippen molar-refractivity contribution in [3.05, 3.63) is 268 Å². The molecule has 6 aromatic rings. The van der Waals surface area contributed by atoms with Crippen molar-refractivity contribution in [1.29, 1.82) is 0 Å². The number of alkyl halides is 1.